The number of Topliss-reactive ketones (excluding diaryl/α,β-unsaturated/α-hetero) is 2. The number of nitrogens with zero attached hydrogens (tertiary/aromatic N) is 1. The Morgan fingerprint density at radius 2 is 1.48 bits per heavy atom. The summed E-state index contributed by atoms with van der Waals surface area (Å²) in [5.41, 5.74) is -0.566. The normalized spacial score (nSPS) is 11.6. The second-order valence-electron chi connectivity index (χ2n) is 11.0. The molecule has 9 nitrogen and oxygen atoms in total. The highest BCUT2D eigenvalue weighted by atomic mass is 32.1. The lowest BCUT2D eigenvalue weighted by Crippen LogP contribution is -2.26. The standard InChI is InChI=1S/C32H31F2NO8S/c1-32(2,31(40)41)15-23(37)27-12-19-26(44-27)14-25(43-4)18(30(19)34)7-5-6-17-24(42-3)13-21-16(29(17)33)8-9-20(35-21)22(36)10-11-28(38)39/h8-9,12-14H,5-7,10-11,15H2,1-4H3,(H,38,39)(H,40,41). The number of hydrogen-bond acceptors (Lipinski definition) is 8. The fourth-order valence-corrected chi connectivity index (χ4v) is 5.91. The van der Waals surface area contributed by atoms with E-state index in [-0.39, 0.29) is 81.6 Å². The Hall–Kier alpha value is -4.45. The monoisotopic (exact) mass is 627 g/mol. The first kappa shape index (κ1) is 32.5. The van der Waals surface area contributed by atoms with Crippen LogP contribution in [0.25, 0.3) is 21.0 Å². The van der Waals surface area contributed by atoms with Crippen LogP contribution in [0.5, 0.6) is 11.5 Å². The van der Waals surface area contributed by atoms with Gasteiger partial charge in [0.25, 0.3) is 0 Å². The van der Waals surface area contributed by atoms with E-state index < -0.39 is 40.6 Å². The number of halogens is 2. The summed E-state index contributed by atoms with van der Waals surface area (Å²) >= 11 is 1.06. The van der Waals surface area contributed by atoms with Crippen molar-refractivity contribution in [2.75, 3.05) is 14.2 Å². The summed E-state index contributed by atoms with van der Waals surface area (Å²) in [6.45, 7) is 2.91. The first-order valence-corrected chi connectivity index (χ1v) is 14.6. The summed E-state index contributed by atoms with van der Waals surface area (Å²) in [6, 6.07) is 7.33. The first-order chi connectivity index (χ1) is 20.8. The summed E-state index contributed by atoms with van der Waals surface area (Å²) in [7, 11) is 2.77. The third-order valence-corrected chi connectivity index (χ3v) is 8.54. The molecule has 0 unspecified atom stereocenters. The molecule has 4 aromatic rings. The van der Waals surface area contributed by atoms with E-state index in [9.17, 15) is 24.3 Å². The van der Waals surface area contributed by atoms with Crippen LogP contribution in [0.3, 0.4) is 0 Å². The predicted octanol–water partition coefficient (Wildman–Crippen LogP) is 6.65. The SMILES string of the molecule is COc1cc2nc(C(=O)CCC(=O)O)ccc2c(F)c1CCCc1c(OC)cc2sc(C(=O)CC(C)(C)C(=O)O)cc2c1F. The number of aromatic nitrogens is 1. The maximum absolute atomic E-state index is 15.8. The zero-order chi connectivity index (χ0) is 32.3. The highest BCUT2D eigenvalue weighted by Gasteiger charge is 2.31. The number of benzene rings is 2. The van der Waals surface area contributed by atoms with Crippen molar-refractivity contribution in [3.8, 4) is 11.5 Å². The van der Waals surface area contributed by atoms with Crippen molar-refractivity contribution in [1.82, 2.24) is 4.98 Å². The summed E-state index contributed by atoms with van der Waals surface area (Å²) in [5, 5.41) is 18.6. The second kappa shape index (κ2) is 13.0. The average molecular weight is 628 g/mol. The van der Waals surface area contributed by atoms with Crippen LogP contribution in [-0.4, -0.2) is 52.9 Å². The van der Waals surface area contributed by atoms with Crippen molar-refractivity contribution in [2.24, 2.45) is 5.41 Å². The smallest absolute Gasteiger partial charge is 0.309 e. The van der Waals surface area contributed by atoms with Crippen LogP contribution < -0.4 is 9.47 Å². The van der Waals surface area contributed by atoms with E-state index in [2.05, 4.69) is 4.98 Å². The van der Waals surface area contributed by atoms with Crippen LogP contribution in [0.2, 0.25) is 0 Å². The molecule has 0 saturated carbocycles. The molecule has 0 spiro atoms. The van der Waals surface area contributed by atoms with Gasteiger partial charge in [-0.05, 0) is 57.4 Å². The quantitative estimate of drug-likeness (QED) is 0.147. The van der Waals surface area contributed by atoms with E-state index in [4.69, 9.17) is 14.6 Å². The Balaban J connectivity index is 1.58. The fraction of sp³-hybridized carbons (Fsp3) is 0.344. The molecule has 2 aromatic carbocycles. The Morgan fingerprint density at radius 1 is 0.864 bits per heavy atom. The molecule has 0 amide bonds. The van der Waals surface area contributed by atoms with E-state index >= 15 is 8.78 Å². The van der Waals surface area contributed by atoms with E-state index in [0.29, 0.717) is 11.1 Å². The molecule has 0 aliphatic carbocycles. The van der Waals surface area contributed by atoms with Gasteiger partial charge in [-0.3, -0.25) is 19.2 Å². The fourth-order valence-electron chi connectivity index (χ4n) is 4.89. The lowest BCUT2D eigenvalue weighted by atomic mass is 9.87. The van der Waals surface area contributed by atoms with Gasteiger partial charge in [-0.25, -0.2) is 13.8 Å². The molecular formula is C32H31F2NO8S. The van der Waals surface area contributed by atoms with Crippen molar-refractivity contribution in [3.05, 3.63) is 63.7 Å². The number of carbonyl (C=O) groups is 4. The number of carboxylic acids is 2. The van der Waals surface area contributed by atoms with Crippen molar-refractivity contribution in [1.29, 1.82) is 0 Å². The molecule has 0 aliphatic heterocycles. The lowest BCUT2D eigenvalue weighted by Gasteiger charge is -2.16. The van der Waals surface area contributed by atoms with Crippen LogP contribution in [0.4, 0.5) is 8.78 Å². The molecule has 0 atom stereocenters. The summed E-state index contributed by atoms with van der Waals surface area (Å²) < 4.78 is 42.8. The Morgan fingerprint density at radius 3 is 2.07 bits per heavy atom. The number of fused-ring (bicyclic) bond motifs is 2. The van der Waals surface area contributed by atoms with Gasteiger partial charge >= 0.3 is 11.9 Å². The largest absolute Gasteiger partial charge is 0.496 e. The molecule has 2 heterocycles. The van der Waals surface area contributed by atoms with Crippen LogP contribution >= 0.6 is 11.3 Å². The van der Waals surface area contributed by atoms with Gasteiger partial charge in [-0.15, -0.1) is 11.3 Å². The Labute approximate surface area is 255 Å². The minimum absolute atomic E-state index is 0.0230. The summed E-state index contributed by atoms with van der Waals surface area (Å²) in [4.78, 5) is 51.8. The van der Waals surface area contributed by atoms with Crippen LogP contribution in [0, 0.1) is 17.0 Å². The number of carboxylic acid groups (broad SMARTS) is 2. The second-order valence-corrected chi connectivity index (χ2v) is 12.1. The Kier molecular flexibility index (Phi) is 9.62. The van der Waals surface area contributed by atoms with Crippen molar-refractivity contribution in [3.63, 3.8) is 0 Å². The molecule has 12 heteroatoms. The topological polar surface area (TPSA) is 140 Å². The number of pyridine rings is 1. The number of thiophene rings is 1. The average Bonchev–Trinajstić information content (AvgIpc) is 3.42. The molecule has 0 bridgehead atoms. The number of hydrogen-bond donors (Lipinski definition) is 2. The lowest BCUT2D eigenvalue weighted by molar-refractivity contribution is -0.146. The number of ketones is 2. The van der Waals surface area contributed by atoms with Gasteiger partial charge < -0.3 is 19.7 Å². The van der Waals surface area contributed by atoms with E-state index in [0.717, 1.165) is 11.3 Å². The molecule has 44 heavy (non-hydrogen) atoms. The van der Waals surface area contributed by atoms with E-state index in [1.165, 1.54) is 52.3 Å². The van der Waals surface area contributed by atoms with Crippen LogP contribution in [-0.2, 0) is 22.4 Å². The zero-order valence-corrected chi connectivity index (χ0v) is 25.4. The van der Waals surface area contributed by atoms with Gasteiger partial charge in [0.2, 0.25) is 0 Å². The molecule has 0 fully saturated rings. The molecule has 2 aromatic heterocycles. The number of aliphatic carboxylic acids is 2. The molecule has 2 N–H and O–H groups in total. The minimum Gasteiger partial charge on any atom is -0.496 e. The third-order valence-electron chi connectivity index (χ3n) is 7.41. The number of carbonyl (C=O) groups excluding carboxylic acids is 2. The maximum Gasteiger partial charge on any atom is 0.309 e. The number of methoxy groups -OCH3 is 2. The predicted molar refractivity (Wildman–Crippen MR) is 160 cm³/mol. The van der Waals surface area contributed by atoms with E-state index in [1.54, 1.807) is 6.07 Å². The highest BCUT2D eigenvalue weighted by molar-refractivity contribution is 7.20. The third kappa shape index (κ3) is 6.70. The molecule has 4 rings (SSSR count). The van der Waals surface area contributed by atoms with Crippen LogP contribution in [0.15, 0.2) is 30.3 Å². The van der Waals surface area contributed by atoms with Gasteiger partial charge in [0, 0.05) is 45.5 Å². The molecule has 0 aliphatic rings. The van der Waals surface area contributed by atoms with Crippen molar-refractivity contribution < 1.29 is 47.6 Å². The first-order valence-electron chi connectivity index (χ1n) is 13.7. The maximum atomic E-state index is 15.8. The summed E-state index contributed by atoms with van der Waals surface area (Å²) in [6.07, 6.45) is -0.167. The van der Waals surface area contributed by atoms with Crippen LogP contribution in [0.1, 0.15) is 70.8 Å². The van der Waals surface area contributed by atoms with Crippen molar-refractivity contribution in [2.45, 2.75) is 52.4 Å². The van der Waals surface area contributed by atoms with Gasteiger partial charge in [0.15, 0.2) is 11.6 Å². The van der Waals surface area contributed by atoms with Gasteiger partial charge in [-0.2, -0.15) is 0 Å². The van der Waals surface area contributed by atoms with Crippen molar-refractivity contribution >= 4 is 55.8 Å². The zero-order valence-electron chi connectivity index (χ0n) is 24.6. The molecule has 232 valence electrons. The van der Waals surface area contributed by atoms with Gasteiger partial charge in [0.1, 0.15) is 28.8 Å². The molecule has 0 radical (unpaired) electrons. The minimum atomic E-state index is -1.27. The molecular weight excluding hydrogens is 596 g/mol. The van der Waals surface area contributed by atoms with Gasteiger partial charge in [-0.1, -0.05) is 0 Å². The van der Waals surface area contributed by atoms with Gasteiger partial charge in [0.05, 0.1) is 36.4 Å². The Bertz CT molecular complexity index is 1800. The summed E-state index contributed by atoms with van der Waals surface area (Å²) in [5.74, 6) is -3.78. The number of rotatable bonds is 14. The van der Waals surface area contributed by atoms with E-state index in [1.807, 2.05) is 0 Å². The molecule has 0 saturated heterocycles. The number of ether oxygens (including phenoxy) is 2. The highest BCUT2D eigenvalue weighted by Crippen LogP contribution is 2.38.